The molecule has 0 aliphatic heterocycles. The fraction of sp³-hybridized carbons (Fsp3) is 1.00. The number of fused-ring (bicyclic) bond motifs is 1. The summed E-state index contributed by atoms with van der Waals surface area (Å²) in [6.45, 7) is 6.76. The minimum absolute atomic E-state index is 0.156. The molecule has 2 fully saturated rings. The third-order valence-corrected chi connectivity index (χ3v) is 5.21. The van der Waals surface area contributed by atoms with E-state index in [1.54, 1.807) is 0 Å². The van der Waals surface area contributed by atoms with Crippen molar-refractivity contribution < 1.29 is 0 Å². The predicted octanol–water partition coefficient (Wildman–Crippen LogP) is 3.66. The van der Waals surface area contributed by atoms with Crippen molar-refractivity contribution in [2.45, 2.75) is 43.9 Å². The first kappa shape index (κ1) is 9.15. The van der Waals surface area contributed by atoms with Crippen LogP contribution in [0.2, 0.25) is 0 Å². The number of alkyl halides is 2. The third kappa shape index (κ3) is 1.11. The molecule has 12 heavy (non-hydrogen) atoms. The molecule has 0 aromatic heterocycles. The molecule has 0 nitrogen and oxygen atoms in total. The zero-order valence-corrected chi connectivity index (χ0v) is 9.41. The monoisotopic (exact) mass is 206 g/mol. The van der Waals surface area contributed by atoms with Crippen molar-refractivity contribution in [1.29, 1.82) is 0 Å². The molecule has 0 N–H and O–H groups in total. The van der Waals surface area contributed by atoms with Gasteiger partial charge in [-0.05, 0) is 37.0 Å². The van der Waals surface area contributed by atoms with Crippen LogP contribution in [0.5, 0.6) is 0 Å². The Kier molecular flexibility index (Phi) is 1.78. The van der Waals surface area contributed by atoms with Gasteiger partial charge in [-0.1, -0.05) is 13.8 Å². The molecule has 0 unspecified atom stereocenters. The van der Waals surface area contributed by atoms with Gasteiger partial charge in [0.25, 0.3) is 0 Å². The highest BCUT2D eigenvalue weighted by atomic mass is 35.5. The van der Waals surface area contributed by atoms with Crippen molar-refractivity contribution in [3.63, 3.8) is 0 Å². The van der Waals surface area contributed by atoms with Crippen LogP contribution in [0.15, 0.2) is 0 Å². The zero-order chi connectivity index (χ0) is 9.15. The quantitative estimate of drug-likeness (QED) is 0.532. The van der Waals surface area contributed by atoms with Gasteiger partial charge in [-0.2, -0.15) is 0 Å². The van der Waals surface area contributed by atoms with E-state index in [1.807, 2.05) is 0 Å². The van der Waals surface area contributed by atoms with Gasteiger partial charge in [-0.15, -0.1) is 23.2 Å². The second-order valence-corrected chi connectivity index (χ2v) is 6.61. The molecule has 0 spiro atoms. The van der Waals surface area contributed by atoms with E-state index >= 15 is 0 Å². The molecule has 0 aromatic rings. The van der Waals surface area contributed by atoms with Crippen LogP contribution < -0.4 is 0 Å². The van der Waals surface area contributed by atoms with E-state index in [-0.39, 0.29) is 10.3 Å². The van der Waals surface area contributed by atoms with E-state index in [4.69, 9.17) is 23.2 Å². The average molecular weight is 207 g/mol. The fourth-order valence-electron chi connectivity index (χ4n) is 2.76. The number of hydrogen-bond acceptors (Lipinski definition) is 0. The van der Waals surface area contributed by atoms with Crippen LogP contribution in [0.25, 0.3) is 0 Å². The summed E-state index contributed by atoms with van der Waals surface area (Å²) in [5.74, 6) is 1.67. The lowest BCUT2D eigenvalue weighted by Gasteiger charge is -2.31. The van der Waals surface area contributed by atoms with Crippen LogP contribution in [0.1, 0.15) is 33.6 Å². The molecule has 0 heterocycles. The molecule has 2 rings (SSSR count). The smallest absolute Gasteiger partial charge is 0.0584 e. The molecule has 2 saturated carbocycles. The SMILES string of the molecule is CC1(C)[C@@H]2C[C@](C)(Cl)[C@@H](Cl)C[C@@H]21. The molecule has 0 aromatic carbocycles. The Balaban J connectivity index is 2.14. The molecular formula is C10H16Cl2. The Labute approximate surface area is 84.6 Å². The fourth-order valence-corrected chi connectivity index (χ4v) is 3.29. The maximum atomic E-state index is 6.34. The summed E-state index contributed by atoms with van der Waals surface area (Å²) in [6.07, 6.45) is 2.21. The van der Waals surface area contributed by atoms with E-state index in [0.29, 0.717) is 5.41 Å². The zero-order valence-electron chi connectivity index (χ0n) is 7.90. The largest absolute Gasteiger partial charge is 0.121 e. The molecule has 0 amide bonds. The lowest BCUT2D eigenvalue weighted by molar-refractivity contribution is 0.402. The second-order valence-electron chi connectivity index (χ2n) is 5.22. The third-order valence-electron chi connectivity index (χ3n) is 4.02. The van der Waals surface area contributed by atoms with Gasteiger partial charge in [-0.25, -0.2) is 0 Å². The van der Waals surface area contributed by atoms with Crippen molar-refractivity contribution in [1.82, 2.24) is 0 Å². The molecule has 0 radical (unpaired) electrons. The van der Waals surface area contributed by atoms with E-state index in [9.17, 15) is 0 Å². The molecule has 2 aliphatic carbocycles. The van der Waals surface area contributed by atoms with E-state index < -0.39 is 0 Å². The van der Waals surface area contributed by atoms with E-state index in [1.165, 1.54) is 0 Å². The van der Waals surface area contributed by atoms with Crippen LogP contribution in [0, 0.1) is 17.3 Å². The second kappa shape index (κ2) is 2.33. The Bertz CT molecular complexity index is 208. The summed E-state index contributed by atoms with van der Waals surface area (Å²) in [7, 11) is 0. The molecule has 70 valence electrons. The Morgan fingerprint density at radius 1 is 1.17 bits per heavy atom. The Morgan fingerprint density at radius 2 is 1.75 bits per heavy atom. The van der Waals surface area contributed by atoms with Crippen LogP contribution in [-0.4, -0.2) is 10.3 Å². The number of hydrogen-bond donors (Lipinski definition) is 0. The van der Waals surface area contributed by atoms with Crippen LogP contribution >= 0.6 is 23.2 Å². The van der Waals surface area contributed by atoms with E-state index in [2.05, 4.69) is 20.8 Å². The summed E-state index contributed by atoms with van der Waals surface area (Å²) in [4.78, 5) is -0.156. The predicted molar refractivity (Wildman–Crippen MR) is 53.9 cm³/mol. The summed E-state index contributed by atoms with van der Waals surface area (Å²) in [5.41, 5.74) is 0.514. The normalized spacial score (nSPS) is 56.2. The van der Waals surface area contributed by atoms with Gasteiger partial charge in [0.05, 0.1) is 10.3 Å². The first-order valence-corrected chi connectivity index (χ1v) is 5.50. The minimum atomic E-state index is -0.156. The van der Waals surface area contributed by atoms with Crippen molar-refractivity contribution in [3.8, 4) is 0 Å². The maximum absolute atomic E-state index is 6.34. The van der Waals surface area contributed by atoms with Gasteiger partial charge in [-0.3, -0.25) is 0 Å². The van der Waals surface area contributed by atoms with Gasteiger partial charge in [0.2, 0.25) is 0 Å². The average Bonchev–Trinajstić information content (AvgIpc) is 2.37. The Morgan fingerprint density at radius 3 is 2.25 bits per heavy atom. The van der Waals surface area contributed by atoms with Crippen LogP contribution in [-0.2, 0) is 0 Å². The minimum Gasteiger partial charge on any atom is -0.121 e. The molecular weight excluding hydrogens is 191 g/mol. The Hall–Kier alpha value is 0.580. The van der Waals surface area contributed by atoms with Crippen molar-refractivity contribution in [3.05, 3.63) is 0 Å². The first-order chi connectivity index (χ1) is 5.36. The summed E-state index contributed by atoms with van der Waals surface area (Å²) in [5, 5.41) is 0.169. The molecule has 2 aliphatic rings. The molecule has 0 bridgehead atoms. The molecule has 2 heteroatoms. The van der Waals surface area contributed by atoms with Crippen molar-refractivity contribution in [2.75, 3.05) is 0 Å². The summed E-state index contributed by atoms with van der Waals surface area (Å²) in [6, 6.07) is 0. The van der Waals surface area contributed by atoms with Crippen LogP contribution in [0.4, 0.5) is 0 Å². The highest BCUT2D eigenvalue weighted by Gasteiger charge is 2.63. The van der Waals surface area contributed by atoms with Crippen LogP contribution in [0.3, 0.4) is 0 Å². The number of halogens is 2. The standard InChI is InChI=1S/C10H16Cl2/c1-9(2)6-4-8(11)10(3,12)5-7(6)9/h6-8H,4-5H2,1-3H3/t6-,7+,8-,10-/m0/s1. The summed E-state index contributed by atoms with van der Waals surface area (Å²) < 4.78 is 0. The van der Waals surface area contributed by atoms with E-state index in [0.717, 1.165) is 24.7 Å². The maximum Gasteiger partial charge on any atom is 0.0584 e. The van der Waals surface area contributed by atoms with Crippen molar-refractivity contribution >= 4 is 23.2 Å². The molecule has 0 saturated heterocycles. The highest BCUT2D eigenvalue weighted by Crippen LogP contribution is 2.67. The van der Waals surface area contributed by atoms with Gasteiger partial charge < -0.3 is 0 Å². The summed E-state index contributed by atoms with van der Waals surface area (Å²) >= 11 is 12.6. The lowest BCUT2D eigenvalue weighted by Crippen LogP contribution is -2.33. The lowest BCUT2D eigenvalue weighted by atomic mass is 9.89. The molecule has 4 atom stereocenters. The highest BCUT2D eigenvalue weighted by molar-refractivity contribution is 6.32. The number of rotatable bonds is 0. The first-order valence-electron chi connectivity index (χ1n) is 4.68. The van der Waals surface area contributed by atoms with Gasteiger partial charge >= 0.3 is 0 Å². The van der Waals surface area contributed by atoms with Gasteiger partial charge in [0.1, 0.15) is 0 Å². The van der Waals surface area contributed by atoms with Gasteiger partial charge in [0, 0.05) is 0 Å². The topological polar surface area (TPSA) is 0 Å². The van der Waals surface area contributed by atoms with Gasteiger partial charge in [0.15, 0.2) is 0 Å². The van der Waals surface area contributed by atoms with Crippen molar-refractivity contribution in [2.24, 2.45) is 17.3 Å².